The Kier molecular flexibility index (Phi) is 5.03. The van der Waals surface area contributed by atoms with Crippen LogP contribution in [0.25, 0.3) is 22.2 Å². The number of rotatable bonds is 4. The van der Waals surface area contributed by atoms with Crippen LogP contribution in [0, 0.1) is 0 Å². The highest BCUT2D eigenvalue weighted by Crippen LogP contribution is 2.45. The van der Waals surface area contributed by atoms with Gasteiger partial charge in [-0.2, -0.15) is 0 Å². The maximum Gasteiger partial charge on any atom is 0.235 e. The molecule has 0 spiro atoms. The van der Waals surface area contributed by atoms with E-state index in [9.17, 15) is 8.42 Å². The summed E-state index contributed by atoms with van der Waals surface area (Å²) in [4.78, 5) is 2.38. The maximum absolute atomic E-state index is 12.3. The molecule has 3 heterocycles. The predicted octanol–water partition coefficient (Wildman–Crippen LogP) is 3.99. The smallest absolute Gasteiger partial charge is 0.235 e. The lowest BCUT2D eigenvalue weighted by Crippen LogP contribution is -2.36. The third kappa shape index (κ3) is 3.47. The molecule has 2 aliphatic heterocycles. The van der Waals surface area contributed by atoms with Gasteiger partial charge in [0.1, 0.15) is 0 Å². The van der Waals surface area contributed by atoms with Gasteiger partial charge in [-0.1, -0.05) is 12.1 Å². The van der Waals surface area contributed by atoms with Crippen molar-refractivity contribution in [2.75, 3.05) is 53.5 Å². The molecule has 1 aromatic heterocycles. The molecule has 0 bridgehead atoms. The Hall–Kier alpha value is -2.71. The first-order valence-electron chi connectivity index (χ1n) is 11.9. The second-order valence-corrected chi connectivity index (χ2v) is 11.3. The molecule has 3 aromatic rings. The van der Waals surface area contributed by atoms with Crippen LogP contribution in [0.2, 0.25) is 0 Å². The molecule has 2 N–H and O–H groups in total. The SMILES string of the molecule is Nc1c(-c2ccc(N3CCCS3(=O)=O)cc2)n(C2CCC2)c2cc(N3CCOCC3)ccc12. The minimum atomic E-state index is -3.19. The summed E-state index contributed by atoms with van der Waals surface area (Å²) in [6.07, 6.45) is 4.22. The largest absolute Gasteiger partial charge is 0.396 e. The van der Waals surface area contributed by atoms with Crippen LogP contribution in [-0.2, 0) is 14.8 Å². The van der Waals surface area contributed by atoms with Crippen molar-refractivity contribution >= 4 is 38.0 Å². The van der Waals surface area contributed by atoms with Crippen molar-refractivity contribution in [1.82, 2.24) is 4.57 Å². The van der Waals surface area contributed by atoms with Crippen LogP contribution in [0.1, 0.15) is 31.7 Å². The minimum Gasteiger partial charge on any atom is -0.396 e. The fourth-order valence-corrected chi connectivity index (χ4v) is 6.94. The molecule has 0 atom stereocenters. The van der Waals surface area contributed by atoms with Crippen molar-refractivity contribution in [3.63, 3.8) is 0 Å². The van der Waals surface area contributed by atoms with Crippen LogP contribution in [-0.4, -0.2) is 51.6 Å². The van der Waals surface area contributed by atoms with Gasteiger partial charge in [0.15, 0.2) is 0 Å². The third-order valence-corrected chi connectivity index (χ3v) is 9.24. The number of fused-ring (bicyclic) bond motifs is 1. The number of benzene rings is 2. The zero-order valence-electron chi connectivity index (χ0n) is 18.7. The number of aromatic nitrogens is 1. The van der Waals surface area contributed by atoms with Gasteiger partial charge in [-0.3, -0.25) is 4.31 Å². The van der Waals surface area contributed by atoms with Gasteiger partial charge in [0.05, 0.1) is 41.6 Å². The maximum atomic E-state index is 12.3. The van der Waals surface area contributed by atoms with Gasteiger partial charge in [-0.05, 0) is 56.0 Å². The van der Waals surface area contributed by atoms with Gasteiger partial charge in [-0.25, -0.2) is 8.42 Å². The molecule has 1 saturated carbocycles. The third-order valence-electron chi connectivity index (χ3n) is 7.37. The average Bonchev–Trinajstić information content (AvgIpc) is 3.29. The molecule has 6 rings (SSSR count). The fraction of sp³-hybridized carbons (Fsp3) is 0.440. The Bertz CT molecular complexity index is 1290. The van der Waals surface area contributed by atoms with E-state index in [2.05, 4.69) is 27.7 Å². The highest BCUT2D eigenvalue weighted by molar-refractivity contribution is 7.93. The number of nitrogen functional groups attached to an aromatic ring is 1. The van der Waals surface area contributed by atoms with Gasteiger partial charge in [0.2, 0.25) is 10.0 Å². The second kappa shape index (κ2) is 7.95. The molecule has 7 nitrogen and oxygen atoms in total. The van der Waals surface area contributed by atoms with Crippen molar-refractivity contribution in [2.45, 2.75) is 31.7 Å². The van der Waals surface area contributed by atoms with Gasteiger partial charge in [-0.15, -0.1) is 0 Å². The average molecular weight is 467 g/mol. The number of anilines is 3. The van der Waals surface area contributed by atoms with Gasteiger partial charge in [0.25, 0.3) is 0 Å². The second-order valence-electron chi connectivity index (χ2n) is 9.31. The molecule has 8 heteroatoms. The van der Waals surface area contributed by atoms with Crippen molar-refractivity contribution in [1.29, 1.82) is 0 Å². The first-order chi connectivity index (χ1) is 16.0. The Balaban J connectivity index is 1.44. The zero-order chi connectivity index (χ0) is 22.6. The quantitative estimate of drug-likeness (QED) is 0.629. The summed E-state index contributed by atoms with van der Waals surface area (Å²) in [6, 6.07) is 14.9. The first kappa shape index (κ1) is 20.9. The van der Waals surface area contributed by atoms with E-state index in [0.717, 1.165) is 67.2 Å². The van der Waals surface area contributed by atoms with E-state index in [-0.39, 0.29) is 5.75 Å². The Morgan fingerprint density at radius 2 is 1.64 bits per heavy atom. The van der Waals surface area contributed by atoms with Crippen LogP contribution in [0.4, 0.5) is 17.1 Å². The molecule has 0 unspecified atom stereocenters. The highest BCUT2D eigenvalue weighted by Gasteiger charge is 2.30. The lowest BCUT2D eigenvalue weighted by Gasteiger charge is -2.31. The van der Waals surface area contributed by atoms with E-state index in [1.807, 2.05) is 24.3 Å². The van der Waals surface area contributed by atoms with E-state index in [4.69, 9.17) is 10.5 Å². The number of nitrogens with zero attached hydrogens (tertiary/aromatic N) is 3. The van der Waals surface area contributed by atoms with E-state index in [1.165, 1.54) is 21.9 Å². The summed E-state index contributed by atoms with van der Waals surface area (Å²) >= 11 is 0. The topological polar surface area (TPSA) is 80.8 Å². The molecule has 3 aliphatic rings. The Morgan fingerprint density at radius 1 is 0.909 bits per heavy atom. The number of sulfonamides is 1. The summed E-state index contributed by atoms with van der Waals surface area (Å²) in [7, 11) is -3.19. The number of hydrogen-bond acceptors (Lipinski definition) is 5. The summed E-state index contributed by atoms with van der Waals surface area (Å²) < 4.78 is 34.1. The lowest BCUT2D eigenvalue weighted by atomic mass is 9.92. The molecule has 0 amide bonds. The number of nitrogens with two attached hydrogens (primary N) is 1. The standard InChI is InChI=1S/C25H30N4O3S/c26-24-22-10-9-21(27-12-14-32-15-13-27)17-23(22)29(20-3-1-4-20)25(24)18-5-7-19(8-6-18)28-11-2-16-33(28,30)31/h5-10,17,20H,1-4,11-16,26H2. The molecule has 0 radical (unpaired) electrons. The minimum absolute atomic E-state index is 0.225. The Labute approximate surface area is 194 Å². The molecule has 1 aliphatic carbocycles. The molecule has 3 fully saturated rings. The van der Waals surface area contributed by atoms with E-state index in [0.29, 0.717) is 19.0 Å². The van der Waals surface area contributed by atoms with E-state index < -0.39 is 10.0 Å². The number of hydrogen-bond donors (Lipinski definition) is 1. The highest BCUT2D eigenvalue weighted by atomic mass is 32.2. The monoisotopic (exact) mass is 466 g/mol. The van der Waals surface area contributed by atoms with Crippen LogP contribution in [0.15, 0.2) is 42.5 Å². The predicted molar refractivity (Wildman–Crippen MR) is 133 cm³/mol. The van der Waals surface area contributed by atoms with Gasteiger partial charge in [0, 0.05) is 42.3 Å². The number of ether oxygens (including phenoxy) is 1. The lowest BCUT2D eigenvalue weighted by molar-refractivity contribution is 0.122. The molecule has 174 valence electrons. The molecule has 2 saturated heterocycles. The summed E-state index contributed by atoms with van der Waals surface area (Å²) in [6.45, 7) is 3.87. The molecule has 2 aromatic carbocycles. The van der Waals surface area contributed by atoms with Crippen molar-refractivity contribution in [3.05, 3.63) is 42.5 Å². The first-order valence-corrected chi connectivity index (χ1v) is 13.5. The van der Waals surface area contributed by atoms with E-state index >= 15 is 0 Å². The summed E-state index contributed by atoms with van der Waals surface area (Å²) in [5, 5.41) is 1.08. The van der Waals surface area contributed by atoms with Crippen LogP contribution in [0.5, 0.6) is 0 Å². The Morgan fingerprint density at radius 3 is 2.27 bits per heavy atom. The van der Waals surface area contributed by atoms with Crippen LogP contribution in [0.3, 0.4) is 0 Å². The van der Waals surface area contributed by atoms with Crippen LogP contribution < -0.4 is 14.9 Å². The molecular weight excluding hydrogens is 436 g/mol. The molecule has 33 heavy (non-hydrogen) atoms. The molecular formula is C25H30N4O3S. The summed E-state index contributed by atoms with van der Waals surface area (Å²) in [5.74, 6) is 0.225. The fourth-order valence-electron chi connectivity index (χ4n) is 5.38. The normalized spacial score (nSPS) is 21.0. The van der Waals surface area contributed by atoms with Crippen molar-refractivity contribution in [3.8, 4) is 11.3 Å². The van der Waals surface area contributed by atoms with Gasteiger partial charge < -0.3 is 19.9 Å². The van der Waals surface area contributed by atoms with E-state index in [1.54, 1.807) is 0 Å². The number of morpholine rings is 1. The zero-order valence-corrected chi connectivity index (χ0v) is 19.6. The van der Waals surface area contributed by atoms with Crippen molar-refractivity contribution in [2.24, 2.45) is 0 Å². The summed E-state index contributed by atoms with van der Waals surface area (Å²) in [5.41, 5.74) is 12.8. The van der Waals surface area contributed by atoms with Crippen molar-refractivity contribution < 1.29 is 13.2 Å². The van der Waals surface area contributed by atoms with Gasteiger partial charge >= 0.3 is 0 Å². The van der Waals surface area contributed by atoms with Crippen LogP contribution >= 0.6 is 0 Å².